The third kappa shape index (κ3) is 2.97. The summed E-state index contributed by atoms with van der Waals surface area (Å²) in [6, 6.07) is 11.1. The van der Waals surface area contributed by atoms with Crippen LogP contribution in [0.15, 0.2) is 70.7 Å². The van der Waals surface area contributed by atoms with E-state index in [1.54, 1.807) is 24.7 Å². The molecule has 0 bridgehead atoms. The number of carbonyl (C=O) groups excluding carboxylic acids is 1. The molecule has 2 N–H and O–H groups in total. The number of aromatic amines is 1. The Labute approximate surface area is 157 Å². The highest BCUT2D eigenvalue weighted by Crippen LogP contribution is 2.28. The fourth-order valence-corrected chi connectivity index (χ4v) is 3.26. The summed E-state index contributed by atoms with van der Waals surface area (Å²) < 4.78 is 8.06. The van der Waals surface area contributed by atoms with Gasteiger partial charge in [0.15, 0.2) is 10.3 Å². The second-order valence-corrected chi connectivity index (χ2v) is 6.51. The molecule has 0 atom stereocenters. The van der Waals surface area contributed by atoms with Crippen LogP contribution in [0, 0.1) is 0 Å². The normalized spacial score (nSPS) is 11.0. The first kappa shape index (κ1) is 16.4. The van der Waals surface area contributed by atoms with Gasteiger partial charge < -0.3 is 19.3 Å². The second-order valence-electron chi connectivity index (χ2n) is 5.73. The minimum Gasteiger partial charge on any atom is -0.448 e. The summed E-state index contributed by atoms with van der Waals surface area (Å²) in [6.07, 6.45) is 5.13. The summed E-state index contributed by atoms with van der Waals surface area (Å²) in [5, 5.41) is 2.92. The van der Waals surface area contributed by atoms with Crippen molar-refractivity contribution in [2.24, 2.45) is 0 Å². The zero-order valence-corrected chi connectivity index (χ0v) is 15.3. The first-order valence-corrected chi connectivity index (χ1v) is 8.74. The third-order valence-corrected chi connectivity index (χ3v) is 4.45. The predicted molar refractivity (Wildman–Crippen MR) is 104 cm³/mol. The number of hydrogen-bond donors (Lipinski definition) is 2. The van der Waals surface area contributed by atoms with Crippen LogP contribution >= 0.6 is 15.9 Å². The standard InChI is InChI=1S/C19H15BrN4O2/c1-2-7-24-15-9-18(20)26-17(15)8-16(24)19(25)23-13-5-3-12(4-6-13)14-10-21-11-22-14/h2-6,8-11H,1,7H2,(H,21,22)(H,23,25). The number of fused-ring (bicyclic) bond motifs is 1. The maximum absolute atomic E-state index is 12.7. The highest BCUT2D eigenvalue weighted by atomic mass is 79.9. The predicted octanol–water partition coefficient (Wildman–Crippen LogP) is 4.83. The van der Waals surface area contributed by atoms with Crippen LogP contribution < -0.4 is 5.32 Å². The Morgan fingerprint density at radius 2 is 2.15 bits per heavy atom. The van der Waals surface area contributed by atoms with Crippen LogP contribution in [0.25, 0.3) is 22.4 Å². The van der Waals surface area contributed by atoms with Crippen molar-refractivity contribution in [2.75, 3.05) is 5.32 Å². The van der Waals surface area contributed by atoms with Crippen molar-refractivity contribution in [1.29, 1.82) is 0 Å². The Morgan fingerprint density at radius 1 is 1.35 bits per heavy atom. The number of halogens is 1. The summed E-state index contributed by atoms with van der Waals surface area (Å²) in [4.78, 5) is 19.8. The van der Waals surface area contributed by atoms with Gasteiger partial charge in [0.2, 0.25) is 0 Å². The fourth-order valence-electron chi connectivity index (χ4n) is 2.87. The number of nitrogens with one attached hydrogen (secondary N) is 2. The van der Waals surface area contributed by atoms with Crippen molar-refractivity contribution in [2.45, 2.75) is 6.54 Å². The van der Waals surface area contributed by atoms with Crippen molar-refractivity contribution in [1.82, 2.24) is 14.5 Å². The monoisotopic (exact) mass is 410 g/mol. The number of amides is 1. The van der Waals surface area contributed by atoms with Crippen LogP contribution in [0.4, 0.5) is 5.69 Å². The van der Waals surface area contributed by atoms with Crippen LogP contribution in [0.2, 0.25) is 0 Å². The molecule has 130 valence electrons. The molecule has 0 saturated carbocycles. The fraction of sp³-hybridized carbons (Fsp3) is 0.0526. The van der Waals surface area contributed by atoms with E-state index in [-0.39, 0.29) is 5.91 Å². The van der Waals surface area contributed by atoms with Gasteiger partial charge in [0.25, 0.3) is 5.91 Å². The van der Waals surface area contributed by atoms with E-state index in [9.17, 15) is 4.79 Å². The molecule has 0 radical (unpaired) electrons. The molecule has 4 rings (SSSR count). The minimum atomic E-state index is -0.205. The van der Waals surface area contributed by atoms with Gasteiger partial charge in [0.1, 0.15) is 5.69 Å². The van der Waals surface area contributed by atoms with Gasteiger partial charge in [-0.1, -0.05) is 18.2 Å². The van der Waals surface area contributed by atoms with Crippen LogP contribution in [0.1, 0.15) is 10.5 Å². The van der Waals surface area contributed by atoms with Gasteiger partial charge in [-0.2, -0.15) is 0 Å². The van der Waals surface area contributed by atoms with Crippen molar-refractivity contribution in [3.8, 4) is 11.3 Å². The molecule has 1 aromatic carbocycles. The molecule has 0 aliphatic heterocycles. The summed E-state index contributed by atoms with van der Waals surface area (Å²) in [6.45, 7) is 4.28. The van der Waals surface area contributed by atoms with Gasteiger partial charge in [-0.25, -0.2) is 4.98 Å². The number of H-pyrrole nitrogens is 1. The minimum absolute atomic E-state index is 0.205. The van der Waals surface area contributed by atoms with Crippen LogP contribution in [-0.2, 0) is 6.54 Å². The third-order valence-electron chi connectivity index (χ3n) is 4.06. The number of furan rings is 1. The molecule has 7 heteroatoms. The van der Waals surface area contributed by atoms with E-state index in [1.807, 2.05) is 34.9 Å². The molecule has 6 nitrogen and oxygen atoms in total. The number of imidazole rings is 1. The first-order chi connectivity index (χ1) is 12.7. The number of allylic oxidation sites excluding steroid dienone is 1. The molecule has 0 aliphatic carbocycles. The molecular formula is C19H15BrN4O2. The van der Waals surface area contributed by atoms with Crippen LogP contribution in [0.3, 0.4) is 0 Å². The van der Waals surface area contributed by atoms with Crippen LogP contribution in [0.5, 0.6) is 0 Å². The number of nitrogens with zero attached hydrogens (tertiary/aromatic N) is 2. The van der Waals surface area contributed by atoms with E-state index in [2.05, 4.69) is 37.8 Å². The molecule has 1 amide bonds. The number of aromatic nitrogens is 3. The lowest BCUT2D eigenvalue weighted by Gasteiger charge is -2.09. The quantitative estimate of drug-likeness (QED) is 0.462. The molecule has 0 unspecified atom stereocenters. The maximum Gasteiger partial charge on any atom is 0.272 e. The summed E-state index contributed by atoms with van der Waals surface area (Å²) in [7, 11) is 0. The Morgan fingerprint density at radius 3 is 2.85 bits per heavy atom. The topological polar surface area (TPSA) is 75.8 Å². The Hall–Kier alpha value is -3.06. The number of rotatable bonds is 5. The molecule has 3 aromatic heterocycles. The van der Waals surface area contributed by atoms with Gasteiger partial charge in [-0.15, -0.1) is 6.58 Å². The highest BCUT2D eigenvalue weighted by molar-refractivity contribution is 9.10. The van der Waals surface area contributed by atoms with E-state index >= 15 is 0 Å². The lowest BCUT2D eigenvalue weighted by Crippen LogP contribution is -2.16. The van der Waals surface area contributed by atoms with E-state index in [4.69, 9.17) is 4.42 Å². The number of anilines is 1. The SMILES string of the molecule is C=CCn1c(C(=O)Nc2ccc(-c3cnc[nH]3)cc2)cc2oc(Br)cc21. The largest absolute Gasteiger partial charge is 0.448 e. The molecule has 3 heterocycles. The van der Waals surface area contributed by atoms with E-state index in [1.165, 1.54) is 0 Å². The van der Waals surface area contributed by atoms with Gasteiger partial charge in [-0.3, -0.25) is 4.79 Å². The molecule has 0 aliphatic rings. The molecule has 4 aromatic rings. The zero-order valence-electron chi connectivity index (χ0n) is 13.7. The summed E-state index contributed by atoms with van der Waals surface area (Å²) >= 11 is 3.31. The van der Waals surface area contributed by atoms with Crippen molar-refractivity contribution in [3.63, 3.8) is 0 Å². The zero-order chi connectivity index (χ0) is 18.1. The van der Waals surface area contributed by atoms with Crippen LogP contribution in [-0.4, -0.2) is 20.4 Å². The molecule has 0 saturated heterocycles. The molecular weight excluding hydrogens is 396 g/mol. The smallest absolute Gasteiger partial charge is 0.272 e. The summed E-state index contributed by atoms with van der Waals surface area (Å²) in [5.41, 5.74) is 4.65. The lowest BCUT2D eigenvalue weighted by molar-refractivity contribution is 0.101. The Balaban J connectivity index is 1.60. The Bertz CT molecular complexity index is 1080. The van der Waals surface area contributed by atoms with Gasteiger partial charge in [0.05, 0.1) is 23.7 Å². The second kappa shape index (κ2) is 6.68. The van der Waals surface area contributed by atoms with Crippen molar-refractivity contribution in [3.05, 3.63) is 71.9 Å². The molecule has 0 spiro atoms. The average Bonchev–Trinajstić information content (AvgIpc) is 3.33. The number of hydrogen-bond acceptors (Lipinski definition) is 3. The summed E-state index contributed by atoms with van der Waals surface area (Å²) in [5.74, 6) is -0.205. The average molecular weight is 411 g/mol. The van der Waals surface area contributed by atoms with E-state index in [0.29, 0.717) is 28.2 Å². The molecule has 0 fully saturated rings. The highest BCUT2D eigenvalue weighted by Gasteiger charge is 2.18. The van der Waals surface area contributed by atoms with Crippen molar-refractivity contribution >= 4 is 38.6 Å². The lowest BCUT2D eigenvalue weighted by atomic mass is 10.1. The van der Waals surface area contributed by atoms with Gasteiger partial charge in [0, 0.05) is 24.4 Å². The van der Waals surface area contributed by atoms with Gasteiger partial charge >= 0.3 is 0 Å². The van der Waals surface area contributed by atoms with E-state index < -0.39 is 0 Å². The number of carbonyl (C=O) groups is 1. The van der Waals surface area contributed by atoms with Crippen molar-refractivity contribution < 1.29 is 9.21 Å². The number of benzene rings is 1. The Kier molecular flexibility index (Phi) is 4.22. The molecule has 26 heavy (non-hydrogen) atoms. The van der Waals surface area contributed by atoms with Gasteiger partial charge in [-0.05, 0) is 33.6 Å². The first-order valence-electron chi connectivity index (χ1n) is 7.95. The maximum atomic E-state index is 12.7. The van der Waals surface area contributed by atoms with E-state index in [0.717, 1.165) is 16.8 Å².